The third kappa shape index (κ3) is 2.45. The van der Waals surface area contributed by atoms with Gasteiger partial charge in [-0.05, 0) is 53.9 Å². The third-order valence-electron chi connectivity index (χ3n) is 3.53. The molecule has 1 aliphatic heterocycles. The van der Waals surface area contributed by atoms with Crippen LogP contribution in [0.3, 0.4) is 0 Å². The fourth-order valence-corrected chi connectivity index (χ4v) is 2.56. The van der Waals surface area contributed by atoms with Gasteiger partial charge in [-0.1, -0.05) is 18.2 Å². The summed E-state index contributed by atoms with van der Waals surface area (Å²) in [5, 5.41) is 6.07. The van der Waals surface area contributed by atoms with E-state index in [1.165, 1.54) is 29.2 Å². The standard InChI is InChI=1S/C15H17NO.ClH/c1-17-14-7-6-11-9-13(5-4-12(11)10-14)15-3-2-8-16-15;/h4-7,9-10,15-16H,2-3,8H2,1H3;1H/t15-;/m1./s1. The molecule has 3 heteroatoms. The van der Waals surface area contributed by atoms with Crippen LogP contribution in [0.5, 0.6) is 5.75 Å². The molecule has 2 nitrogen and oxygen atoms in total. The molecule has 0 aromatic heterocycles. The average molecular weight is 264 g/mol. The lowest BCUT2D eigenvalue weighted by Crippen LogP contribution is -2.12. The first kappa shape index (κ1) is 13.2. The van der Waals surface area contributed by atoms with Crippen molar-refractivity contribution in [2.45, 2.75) is 18.9 Å². The van der Waals surface area contributed by atoms with Crippen molar-refractivity contribution in [2.24, 2.45) is 0 Å². The van der Waals surface area contributed by atoms with Crippen LogP contribution in [0, 0.1) is 0 Å². The maximum absolute atomic E-state index is 5.24. The highest BCUT2D eigenvalue weighted by Gasteiger charge is 2.15. The van der Waals surface area contributed by atoms with Crippen molar-refractivity contribution in [1.29, 1.82) is 0 Å². The molecule has 0 radical (unpaired) electrons. The summed E-state index contributed by atoms with van der Waals surface area (Å²) in [6.07, 6.45) is 2.53. The van der Waals surface area contributed by atoms with E-state index in [0.717, 1.165) is 12.3 Å². The zero-order chi connectivity index (χ0) is 11.7. The van der Waals surface area contributed by atoms with Gasteiger partial charge in [-0.3, -0.25) is 0 Å². The van der Waals surface area contributed by atoms with E-state index in [1.807, 2.05) is 6.07 Å². The van der Waals surface area contributed by atoms with Gasteiger partial charge in [0.1, 0.15) is 5.75 Å². The summed E-state index contributed by atoms with van der Waals surface area (Å²) in [7, 11) is 1.71. The SMILES string of the molecule is COc1ccc2cc([C@H]3CCCN3)ccc2c1.Cl. The van der Waals surface area contributed by atoms with Crippen LogP contribution in [0.2, 0.25) is 0 Å². The summed E-state index contributed by atoms with van der Waals surface area (Å²) in [6, 6.07) is 13.5. The highest BCUT2D eigenvalue weighted by molar-refractivity contribution is 5.85. The van der Waals surface area contributed by atoms with Gasteiger partial charge in [0.15, 0.2) is 0 Å². The second-order valence-electron chi connectivity index (χ2n) is 4.62. The number of nitrogens with one attached hydrogen (secondary N) is 1. The van der Waals surface area contributed by atoms with Crippen LogP contribution in [0.25, 0.3) is 10.8 Å². The Labute approximate surface area is 114 Å². The molecular formula is C15H18ClNO. The molecule has 18 heavy (non-hydrogen) atoms. The number of fused-ring (bicyclic) bond motifs is 1. The van der Waals surface area contributed by atoms with Crippen LogP contribution in [-0.4, -0.2) is 13.7 Å². The summed E-state index contributed by atoms with van der Waals surface area (Å²) in [4.78, 5) is 0. The Bertz CT molecular complexity index is 535. The average Bonchev–Trinajstić information content (AvgIpc) is 2.91. The molecule has 1 atom stereocenters. The molecule has 2 aromatic carbocycles. The predicted octanol–water partition coefficient (Wildman–Crippen LogP) is 3.69. The molecule has 1 fully saturated rings. The second-order valence-corrected chi connectivity index (χ2v) is 4.62. The lowest BCUT2D eigenvalue weighted by Gasteiger charge is -2.11. The molecule has 1 aliphatic rings. The Balaban J connectivity index is 0.00000120. The minimum atomic E-state index is 0. The minimum absolute atomic E-state index is 0. The van der Waals surface area contributed by atoms with Gasteiger partial charge in [-0.2, -0.15) is 0 Å². The number of hydrogen-bond acceptors (Lipinski definition) is 2. The quantitative estimate of drug-likeness (QED) is 0.892. The van der Waals surface area contributed by atoms with Crippen LogP contribution in [0.15, 0.2) is 36.4 Å². The van der Waals surface area contributed by atoms with E-state index < -0.39 is 0 Å². The molecule has 0 saturated carbocycles. The predicted molar refractivity (Wildman–Crippen MR) is 77.7 cm³/mol. The molecule has 1 saturated heterocycles. The van der Waals surface area contributed by atoms with Gasteiger partial charge in [-0.25, -0.2) is 0 Å². The molecule has 0 amide bonds. The summed E-state index contributed by atoms with van der Waals surface area (Å²) < 4.78 is 5.24. The highest BCUT2D eigenvalue weighted by Crippen LogP contribution is 2.27. The smallest absolute Gasteiger partial charge is 0.119 e. The van der Waals surface area contributed by atoms with Gasteiger partial charge < -0.3 is 10.1 Å². The van der Waals surface area contributed by atoms with E-state index in [0.29, 0.717) is 6.04 Å². The number of halogens is 1. The molecule has 0 bridgehead atoms. The molecule has 96 valence electrons. The lowest BCUT2D eigenvalue weighted by atomic mass is 10.0. The molecule has 0 spiro atoms. The summed E-state index contributed by atoms with van der Waals surface area (Å²) >= 11 is 0. The minimum Gasteiger partial charge on any atom is -0.497 e. The van der Waals surface area contributed by atoms with Gasteiger partial charge in [0.05, 0.1) is 7.11 Å². The fourth-order valence-electron chi connectivity index (χ4n) is 2.56. The fraction of sp³-hybridized carbons (Fsp3) is 0.333. The number of hydrogen-bond donors (Lipinski definition) is 1. The van der Waals surface area contributed by atoms with Gasteiger partial charge in [-0.15, -0.1) is 12.4 Å². The molecule has 0 aliphatic carbocycles. The van der Waals surface area contributed by atoms with E-state index in [1.54, 1.807) is 7.11 Å². The zero-order valence-electron chi connectivity index (χ0n) is 10.5. The van der Waals surface area contributed by atoms with Crippen molar-refractivity contribution < 1.29 is 4.74 Å². The van der Waals surface area contributed by atoms with Crippen molar-refractivity contribution in [3.05, 3.63) is 42.0 Å². The van der Waals surface area contributed by atoms with Gasteiger partial charge in [0.2, 0.25) is 0 Å². The second kappa shape index (κ2) is 5.59. The molecule has 3 rings (SSSR count). The first-order chi connectivity index (χ1) is 8.36. The number of methoxy groups -OCH3 is 1. The summed E-state index contributed by atoms with van der Waals surface area (Å²) in [5.74, 6) is 0.921. The van der Waals surface area contributed by atoms with E-state index in [2.05, 4.69) is 35.6 Å². The van der Waals surface area contributed by atoms with E-state index in [-0.39, 0.29) is 12.4 Å². The van der Waals surface area contributed by atoms with Gasteiger partial charge in [0, 0.05) is 6.04 Å². The Hall–Kier alpha value is -1.25. The lowest BCUT2D eigenvalue weighted by molar-refractivity contribution is 0.415. The van der Waals surface area contributed by atoms with E-state index >= 15 is 0 Å². The van der Waals surface area contributed by atoms with Crippen molar-refractivity contribution in [1.82, 2.24) is 5.32 Å². The van der Waals surface area contributed by atoms with Crippen LogP contribution >= 0.6 is 12.4 Å². The van der Waals surface area contributed by atoms with Crippen LogP contribution in [-0.2, 0) is 0 Å². The zero-order valence-corrected chi connectivity index (χ0v) is 11.3. The number of rotatable bonds is 2. The summed E-state index contributed by atoms with van der Waals surface area (Å²) in [5.41, 5.74) is 1.40. The van der Waals surface area contributed by atoms with Crippen molar-refractivity contribution in [2.75, 3.05) is 13.7 Å². The normalized spacial score (nSPS) is 18.6. The molecule has 0 unspecified atom stereocenters. The Morgan fingerprint density at radius 1 is 1.11 bits per heavy atom. The van der Waals surface area contributed by atoms with Crippen molar-refractivity contribution in [3.8, 4) is 5.75 Å². The maximum atomic E-state index is 5.24. The largest absolute Gasteiger partial charge is 0.497 e. The van der Waals surface area contributed by atoms with Crippen LogP contribution in [0.4, 0.5) is 0 Å². The third-order valence-corrected chi connectivity index (χ3v) is 3.53. The molecule has 1 N–H and O–H groups in total. The first-order valence-corrected chi connectivity index (χ1v) is 6.18. The van der Waals surface area contributed by atoms with Gasteiger partial charge in [0.25, 0.3) is 0 Å². The Morgan fingerprint density at radius 2 is 1.89 bits per heavy atom. The van der Waals surface area contributed by atoms with Crippen molar-refractivity contribution in [3.63, 3.8) is 0 Å². The topological polar surface area (TPSA) is 21.3 Å². The Kier molecular flexibility index (Phi) is 4.10. The van der Waals surface area contributed by atoms with Gasteiger partial charge >= 0.3 is 0 Å². The summed E-state index contributed by atoms with van der Waals surface area (Å²) in [6.45, 7) is 1.14. The highest BCUT2D eigenvalue weighted by atomic mass is 35.5. The monoisotopic (exact) mass is 263 g/mol. The number of ether oxygens (including phenoxy) is 1. The molecule has 2 aromatic rings. The van der Waals surface area contributed by atoms with E-state index in [9.17, 15) is 0 Å². The Morgan fingerprint density at radius 3 is 2.61 bits per heavy atom. The molecular weight excluding hydrogens is 246 g/mol. The van der Waals surface area contributed by atoms with Crippen LogP contribution < -0.4 is 10.1 Å². The molecule has 1 heterocycles. The van der Waals surface area contributed by atoms with Crippen LogP contribution in [0.1, 0.15) is 24.4 Å². The maximum Gasteiger partial charge on any atom is 0.119 e. The first-order valence-electron chi connectivity index (χ1n) is 6.18. The van der Waals surface area contributed by atoms with Crippen molar-refractivity contribution >= 4 is 23.2 Å². The van der Waals surface area contributed by atoms with E-state index in [4.69, 9.17) is 4.74 Å². The number of benzene rings is 2.